The van der Waals surface area contributed by atoms with Crippen molar-refractivity contribution in [2.75, 3.05) is 24.0 Å². The normalized spacial score (nSPS) is 13.3. The van der Waals surface area contributed by atoms with Gasteiger partial charge >= 0.3 is 0 Å². The van der Waals surface area contributed by atoms with Gasteiger partial charge in [0.15, 0.2) is 0 Å². The molecule has 0 bridgehead atoms. The fourth-order valence-corrected chi connectivity index (χ4v) is 2.86. The van der Waals surface area contributed by atoms with Gasteiger partial charge in [0.25, 0.3) is 0 Å². The van der Waals surface area contributed by atoms with Gasteiger partial charge in [-0.1, -0.05) is 17.7 Å². The number of benzene rings is 1. The smallest absolute Gasteiger partial charge is 0.0411 e. The van der Waals surface area contributed by atoms with E-state index in [1.165, 1.54) is 29.0 Å². The highest BCUT2D eigenvalue weighted by Crippen LogP contribution is 2.24. The van der Waals surface area contributed by atoms with Crippen molar-refractivity contribution < 1.29 is 0 Å². The van der Waals surface area contributed by atoms with E-state index in [4.69, 9.17) is 0 Å². The Morgan fingerprint density at radius 2 is 1.95 bits per heavy atom. The fourth-order valence-electron chi connectivity index (χ4n) is 2.28. The molecule has 1 aromatic carbocycles. The van der Waals surface area contributed by atoms with Gasteiger partial charge in [-0.25, -0.2) is 0 Å². The van der Waals surface area contributed by atoms with Crippen molar-refractivity contribution in [3.8, 4) is 0 Å². The molecule has 1 N–H and O–H groups in total. The summed E-state index contributed by atoms with van der Waals surface area (Å²) in [5, 5.41) is 3.61. The van der Waals surface area contributed by atoms with Gasteiger partial charge in [0.05, 0.1) is 0 Å². The van der Waals surface area contributed by atoms with Crippen molar-refractivity contribution in [3.63, 3.8) is 0 Å². The lowest BCUT2D eigenvalue weighted by molar-refractivity contribution is 0.424. The van der Waals surface area contributed by atoms with Gasteiger partial charge in [0.1, 0.15) is 0 Å². The molecule has 0 aliphatic rings. The topological polar surface area (TPSA) is 15.3 Å². The number of nitrogens with one attached hydrogen (secondary N) is 1. The van der Waals surface area contributed by atoms with Crippen molar-refractivity contribution in [3.05, 3.63) is 29.3 Å². The zero-order valence-electron chi connectivity index (χ0n) is 14.8. The fraction of sp³-hybridized carbons (Fsp3) is 0.667. The van der Waals surface area contributed by atoms with Crippen LogP contribution in [0.15, 0.2) is 18.2 Å². The predicted molar refractivity (Wildman–Crippen MR) is 98.6 cm³/mol. The number of aryl methyl sites for hydroxylation is 1. The van der Waals surface area contributed by atoms with E-state index in [2.05, 4.69) is 76.3 Å². The number of thioether (sulfide) groups is 1. The van der Waals surface area contributed by atoms with Crippen molar-refractivity contribution in [2.45, 2.75) is 59.2 Å². The molecular weight excluding hydrogens is 276 g/mol. The first-order valence-electron chi connectivity index (χ1n) is 7.81. The second kappa shape index (κ2) is 8.09. The van der Waals surface area contributed by atoms with Crippen molar-refractivity contribution >= 4 is 17.4 Å². The first-order chi connectivity index (χ1) is 9.74. The predicted octanol–water partition coefficient (Wildman–Crippen LogP) is 4.46. The molecule has 21 heavy (non-hydrogen) atoms. The molecule has 0 fully saturated rings. The molecule has 1 unspecified atom stereocenters. The van der Waals surface area contributed by atoms with Crippen LogP contribution in [0.5, 0.6) is 0 Å². The molecule has 0 amide bonds. The average Bonchev–Trinajstić information content (AvgIpc) is 2.41. The Bertz CT molecular complexity index is 437. The molecule has 0 aromatic heterocycles. The molecule has 0 saturated carbocycles. The Morgan fingerprint density at radius 3 is 2.52 bits per heavy atom. The first kappa shape index (κ1) is 18.4. The van der Waals surface area contributed by atoms with E-state index in [0.717, 1.165) is 6.54 Å². The highest BCUT2D eigenvalue weighted by Gasteiger charge is 2.15. The molecular formula is C18H32N2S. The van der Waals surface area contributed by atoms with Crippen LogP contribution in [0, 0.1) is 6.92 Å². The molecule has 1 atom stereocenters. The van der Waals surface area contributed by atoms with Gasteiger partial charge < -0.3 is 10.2 Å². The lowest BCUT2D eigenvalue weighted by atomic mass is 10.0. The van der Waals surface area contributed by atoms with Crippen molar-refractivity contribution in [1.29, 1.82) is 0 Å². The minimum atomic E-state index is 0.143. The third-order valence-electron chi connectivity index (χ3n) is 3.83. The summed E-state index contributed by atoms with van der Waals surface area (Å²) >= 11 is 1.92. The Labute approximate surface area is 135 Å². The van der Waals surface area contributed by atoms with E-state index in [-0.39, 0.29) is 5.54 Å². The van der Waals surface area contributed by atoms with Crippen LogP contribution in [0.25, 0.3) is 0 Å². The largest absolute Gasteiger partial charge is 0.372 e. The lowest BCUT2D eigenvalue weighted by Crippen LogP contribution is -2.36. The van der Waals surface area contributed by atoms with Crippen molar-refractivity contribution in [2.24, 2.45) is 0 Å². The van der Waals surface area contributed by atoms with E-state index in [9.17, 15) is 0 Å². The van der Waals surface area contributed by atoms with E-state index in [0.29, 0.717) is 6.04 Å². The van der Waals surface area contributed by atoms with E-state index in [1.54, 1.807) is 0 Å². The van der Waals surface area contributed by atoms with Gasteiger partial charge in [0.2, 0.25) is 0 Å². The van der Waals surface area contributed by atoms with Gasteiger partial charge in [-0.05, 0) is 64.7 Å². The minimum Gasteiger partial charge on any atom is -0.372 e. The molecule has 0 saturated heterocycles. The van der Waals surface area contributed by atoms with Gasteiger partial charge in [-0.15, -0.1) is 0 Å². The molecule has 2 nitrogen and oxygen atoms in total. The van der Waals surface area contributed by atoms with E-state index in [1.807, 2.05) is 11.8 Å². The SMILES string of the molecule is CSCCC(C)N(C)c1ccc(C)cc1CNC(C)(C)C. The number of nitrogens with zero attached hydrogens (tertiary/aromatic N) is 1. The summed E-state index contributed by atoms with van der Waals surface area (Å²) in [7, 11) is 2.22. The summed E-state index contributed by atoms with van der Waals surface area (Å²) in [5.41, 5.74) is 4.22. The van der Waals surface area contributed by atoms with Gasteiger partial charge in [0, 0.05) is 30.9 Å². The van der Waals surface area contributed by atoms with Crippen LogP contribution in [0.1, 0.15) is 45.2 Å². The zero-order valence-corrected chi connectivity index (χ0v) is 15.6. The summed E-state index contributed by atoms with van der Waals surface area (Å²) in [6, 6.07) is 7.36. The zero-order chi connectivity index (χ0) is 16.0. The summed E-state index contributed by atoms with van der Waals surface area (Å²) in [4.78, 5) is 2.43. The van der Waals surface area contributed by atoms with Crippen LogP contribution >= 0.6 is 11.8 Å². The number of hydrogen-bond donors (Lipinski definition) is 1. The van der Waals surface area contributed by atoms with Crippen LogP contribution in [-0.4, -0.2) is 30.6 Å². The van der Waals surface area contributed by atoms with Crippen LogP contribution in [0.2, 0.25) is 0 Å². The van der Waals surface area contributed by atoms with Gasteiger partial charge in [-0.3, -0.25) is 0 Å². The standard InChI is InChI=1S/C18H32N2S/c1-14-8-9-17(20(6)15(2)10-11-21-7)16(12-14)13-19-18(3,4)5/h8-9,12,15,19H,10-11,13H2,1-7H3. The van der Waals surface area contributed by atoms with Crippen LogP contribution in [-0.2, 0) is 6.54 Å². The third-order valence-corrected chi connectivity index (χ3v) is 4.47. The molecule has 0 aliphatic carbocycles. The Kier molecular flexibility index (Phi) is 7.08. The molecule has 0 radical (unpaired) electrons. The first-order valence-corrected chi connectivity index (χ1v) is 9.20. The van der Waals surface area contributed by atoms with Crippen LogP contribution in [0.3, 0.4) is 0 Å². The maximum Gasteiger partial charge on any atom is 0.0411 e. The van der Waals surface area contributed by atoms with E-state index >= 15 is 0 Å². The molecule has 0 heterocycles. The monoisotopic (exact) mass is 308 g/mol. The van der Waals surface area contributed by atoms with Crippen LogP contribution < -0.4 is 10.2 Å². The quantitative estimate of drug-likeness (QED) is 0.800. The summed E-state index contributed by atoms with van der Waals surface area (Å²) in [6.07, 6.45) is 3.40. The molecule has 3 heteroatoms. The van der Waals surface area contributed by atoms with Crippen molar-refractivity contribution in [1.82, 2.24) is 5.32 Å². The Balaban J connectivity index is 2.89. The highest BCUT2D eigenvalue weighted by atomic mass is 32.2. The number of anilines is 1. The second-order valence-electron chi connectivity index (χ2n) is 6.98. The average molecular weight is 309 g/mol. The maximum atomic E-state index is 3.61. The number of hydrogen-bond acceptors (Lipinski definition) is 3. The second-order valence-corrected chi connectivity index (χ2v) is 7.96. The number of rotatable bonds is 7. The summed E-state index contributed by atoms with van der Waals surface area (Å²) in [6.45, 7) is 12.0. The Hall–Kier alpha value is -0.670. The van der Waals surface area contributed by atoms with Gasteiger partial charge in [-0.2, -0.15) is 11.8 Å². The van der Waals surface area contributed by atoms with Crippen LogP contribution in [0.4, 0.5) is 5.69 Å². The lowest BCUT2D eigenvalue weighted by Gasteiger charge is -2.30. The molecule has 120 valence electrons. The molecule has 0 aliphatic heterocycles. The molecule has 1 rings (SSSR count). The van der Waals surface area contributed by atoms with E-state index < -0.39 is 0 Å². The minimum absolute atomic E-state index is 0.143. The summed E-state index contributed by atoms with van der Waals surface area (Å²) < 4.78 is 0. The maximum absolute atomic E-state index is 3.61. The Morgan fingerprint density at radius 1 is 1.29 bits per heavy atom. The third kappa shape index (κ3) is 6.31. The highest BCUT2D eigenvalue weighted by molar-refractivity contribution is 7.98. The summed E-state index contributed by atoms with van der Waals surface area (Å²) in [5.74, 6) is 1.22. The molecule has 1 aromatic rings. The molecule has 0 spiro atoms.